The Morgan fingerprint density at radius 1 is 1.12 bits per heavy atom. The lowest BCUT2D eigenvalue weighted by atomic mass is 10.2. The Morgan fingerprint density at radius 3 is 2.29 bits per heavy atom. The normalized spacial score (nSPS) is 11.2. The average Bonchev–Trinajstić information content (AvgIpc) is 2.45. The molecule has 0 unspecified atom stereocenters. The zero-order valence-electron chi connectivity index (χ0n) is 15.1. The number of hydrogen-bond acceptors (Lipinski definition) is 4. The molecule has 0 heterocycles. The van der Waals surface area contributed by atoms with Gasteiger partial charge in [-0.05, 0) is 65.3 Å². The fourth-order valence-electron chi connectivity index (χ4n) is 1.82. The summed E-state index contributed by atoms with van der Waals surface area (Å²) in [7, 11) is 0. The molecule has 0 fully saturated rings. The molecular weight excluding hydrogens is 308 g/mol. The monoisotopic (exact) mass is 336 g/mol. The molecule has 0 saturated carbocycles. The molecule has 0 bridgehead atoms. The Morgan fingerprint density at radius 2 is 1.75 bits per heavy atom. The molecule has 1 aromatic carbocycles. The van der Waals surface area contributed by atoms with Gasteiger partial charge in [-0.25, -0.2) is 4.79 Å². The lowest BCUT2D eigenvalue weighted by molar-refractivity contribution is 0.0635. The van der Waals surface area contributed by atoms with E-state index >= 15 is 0 Å². The number of anilines is 1. The number of amides is 2. The van der Waals surface area contributed by atoms with Crippen LogP contribution in [0.25, 0.3) is 0 Å². The zero-order valence-corrected chi connectivity index (χ0v) is 15.1. The van der Waals surface area contributed by atoms with Crippen molar-refractivity contribution in [2.45, 2.75) is 52.7 Å². The molecule has 1 rings (SSSR count). The van der Waals surface area contributed by atoms with Crippen molar-refractivity contribution in [3.63, 3.8) is 0 Å². The van der Waals surface area contributed by atoms with Gasteiger partial charge in [0.1, 0.15) is 5.60 Å². The van der Waals surface area contributed by atoms with Crippen LogP contribution in [0.4, 0.5) is 10.5 Å². The van der Waals surface area contributed by atoms with Gasteiger partial charge in [0.25, 0.3) is 5.91 Å². The highest BCUT2D eigenvalue weighted by atomic mass is 16.6. The van der Waals surface area contributed by atoms with E-state index in [-0.39, 0.29) is 12.0 Å². The molecule has 6 heteroatoms. The lowest BCUT2D eigenvalue weighted by Crippen LogP contribution is -2.27. The van der Waals surface area contributed by atoms with Crippen molar-refractivity contribution >= 4 is 17.7 Å². The van der Waals surface area contributed by atoms with E-state index in [0.717, 1.165) is 6.42 Å². The molecule has 2 amide bonds. The molecule has 0 aromatic heterocycles. The van der Waals surface area contributed by atoms with Gasteiger partial charge < -0.3 is 14.8 Å². The molecule has 0 atom stereocenters. The summed E-state index contributed by atoms with van der Waals surface area (Å²) in [6.07, 6.45) is 0.443. The van der Waals surface area contributed by atoms with Crippen LogP contribution in [0, 0.1) is 0 Å². The van der Waals surface area contributed by atoms with Crippen LogP contribution in [0.5, 0.6) is 0 Å². The van der Waals surface area contributed by atoms with Gasteiger partial charge in [-0.2, -0.15) is 0 Å². The maximum Gasteiger partial charge on any atom is 0.412 e. The van der Waals surface area contributed by atoms with E-state index in [2.05, 4.69) is 10.6 Å². The standard InChI is InChI=1S/C18H28N2O4/c1-13(2)23-12-6-11-19-16(21)14-7-9-15(10-8-14)20-17(22)24-18(3,4)5/h7-10,13H,6,11-12H2,1-5H3,(H,19,21)(H,20,22). The second-order valence-corrected chi connectivity index (χ2v) is 6.73. The molecule has 1 aromatic rings. The SMILES string of the molecule is CC(C)OCCCNC(=O)c1ccc(NC(=O)OC(C)(C)C)cc1. The number of benzene rings is 1. The van der Waals surface area contributed by atoms with E-state index in [0.29, 0.717) is 24.4 Å². The van der Waals surface area contributed by atoms with Gasteiger partial charge in [-0.1, -0.05) is 0 Å². The number of carbonyl (C=O) groups excluding carboxylic acids is 2. The molecule has 0 aliphatic heterocycles. The first-order valence-electron chi connectivity index (χ1n) is 8.17. The molecule has 0 aliphatic carbocycles. The second-order valence-electron chi connectivity index (χ2n) is 6.73. The quantitative estimate of drug-likeness (QED) is 0.746. The van der Waals surface area contributed by atoms with Crippen molar-refractivity contribution in [2.24, 2.45) is 0 Å². The van der Waals surface area contributed by atoms with Gasteiger partial charge >= 0.3 is 6.09 Å². The Balaban J connectivity index is 2.40. The van der Waals surface area contributed by atoms with Crippen LogP contribution in [-0.2, 0) is 9.47 Å². The summed E-state index contributed by atoms with van der Waals surface area (Å²) < 4.78 is 10.6. The molecule has 6 nitrogen and oxygen atoms in total. The summed E-state index contributed by atoms with van der Waals surface area (Å²) in [4.78, 5) is 23.7. The van der Waals surface area contributed by atoms with Crippen molar-refractivity contribution in [3.8, 4) is 0 Å². The van der Waals surface area contributed by atoms with Crippen LogP contribution in [0.1, 0.15) is 51.4 Å². The van der Waals surface area contributed by atoms with Crippen LogP contribution in [-0.4, -0.2) is 36.9 Å². The van der Waals surface area contributed by atoms with E-state index in [4.69, 9.17) is 9.47 Å². The van der Waals surface area contributed by atoms with Crippen LogP contribution >= 0.6 is 0 Å². The predicted octanol–water partition coefficient (Wildman–Crippen LogP) is 3.58. The van der Waals surface area contributed by atoms with Crippen LogP contribution < -0.4 is 10.6 Å². The minimum atomic E-state index is -0.552. The van der Waals surface area contributed by atoms with Crippen molar-refractivity contribution in [1.82, 2.24) is 5.32 Å². The molecular formula is C18H28N2O4. The molecule has 0 saturated heterocycles. The van der Waals surface area contributed by atoms with Gasteiger partial charge in [0.15, 0.2) is 0 Å². The Labute approximate surface area is 143 Å². The van der Waals surface area contributed by atoms with Crippen molar-refractivity contribution in [2.75, 3.05) is 18.5 Å². The Bertz CT molecular complexity index is 533. The minimum absolute atomic E-state index is 0.150. The minimum Gasteiger partial charge on any atom is -0.444 e. The van der Waals surface area contributed by atoms with E-state index in [1.54, 1.807) is 45.0 Å². The predicted molar refractivity (Wildman–Crippen MR) is 94.3 cm³/mol. The molecule has 2 N–H and O–H groups in total. The van der Waals surface area contributed by atoms with E-state index in [1.165, 1.54) is 0 Å². The first kappa shape index (κ1) is 20.0. The van der Waals surface area contributed by atoms with E-state index in [9.17, 15) is 9.59 Å². The fourth-order valence-corrected chi connectivity index (χ4v) is 1.82. The highest BCUT2D eigenvalue weighted by molar-refractivity contribution is 5.95. The number of rotatable bonds is 7. The Hall–Kier alpha value is -2.08. The number of hydrogen-bond donors (Lipinski definition) is 2. The smallest absolute Gasteiger partial charge is 0.412 e. The molecule has 0 aliphatic rings. The van der Waals surface area contributed by atoms with Crippen molar-refractivity contribution in [1.29, 1.82) is 0 Å². The number of nitrogens with one attached hydrogen (secondary N) is 2. The summed E-state index contributed by atoms with van der Waals surface area (Å²) in [6.45, 7) is 10.5. The largest absolute Gasteiger partial charge is 0.444 e. The van der Waals surface area contributed by atoms with Gasteiger partial charge in [0.2, 0.25) is 0 Å². The lowest BCUT2D eigenvalue weighted by Gasteiger charge is -2.19. The first-order valence-corrected chi connectivity index (χ1v) is 8.17. The molecule has 0 spiro atoms. The highest BCUT2D eigenvalue weighted by Gasteiger charge is 2.16. The van der Waals surface area contributed by atoms with Crippen LogP contribution in [0.15, 0.2) is 24.3 Å². The highest BCUT2D eigenvalue weighted by Crippen LogP contribution is 2.13. The number of ether oxygens (including phenoxy) is 2. The maximum absolute atomic E-state index is 12.0. The van der Waals surface area contributed by atoms with Crippen molar-refractivity contribution in [3.05, 3.63) is 29.8 Å². The van der Waals surface area contributed by atoms with E-state index in [1.807, 2.05) is 13.8 Å². The number of carbonyl (C=O) groups is 2. The van der Waals surface area contributed by atoms with Gasteiger partial charge in [0, 0.05) is 24.4 Å². The van der Waals surface area contributed by atoms with Gasteiger partial charge in [-0.3, -0.25) is 10.1 Å². The van der Waals surface area contributed by atoms with E-state index < -0.39 is 11.7 Å². The Kier molecular flexibility index (Phi) is 7.71. The van der Waals surface area contributed by atoms with Gasteiger partial charge in [0.05, 0.1) is 6.10 Å². The van der Waals surface area contributed by atoms with Crippen LogP contribution in [0.2, 0.25) is 0 Å². The molecule has 0 radical (unpaired) electrons. The zero-order chi connectivity index (χ0) is 18.2. The fraction of sp³-hybridized carbons (Fsp3) is 0.556. The third-order valence-corrected chi connectivity index (χ3v) is 2.85. The summed E-state index contributed by atoms with van der Waals surface area (Å²) in [5, 5.41) is 5.46. The molecule has 134 valence electrons. The summed E-state index contributed by atoms with van der Waals surface area (Å²) in [5.74, 6) is -0.150. The first-order chi connectivity index (χ1) is 11.2. The third kappa shape index (κ3) is 8.53. The maximum atomic E-state index is 12.0. The summed E-state index contributed by atoms with van der Waals surface area (Å²) >= 11 is 0. The van der Waals surface area contributed by atoms with Crippen molar-refractivity contribution < 1.29 is 19.1 Å². The summed E-state index contributed by atoms with van der Waals surface area (Å²) in [5.41, 5.74) is 0.559. The topological polar surface area (TPSA) is 76.7 Å². The second kappa shape index (κ2) is 9.27. The average molecular weight is 336 g/mol. The van der Waals surface area contributed by atoms with Crippen LogP contribution in [0.3, 0.4) is 0 Å². The summed E-state index contributed by atoms with van der Waals surface area (Å²) in [6, 6.07) is 6.65. The van der Waals surface area contributed by atoms with Gasteiger partial charge in [-0.15, -0.1) is 0 Å². The molecule has 24 heavy (non-hydrogen) atoms. The third-order valence-electron chi connectivity index (χ3n) is 2.85.